The third-order valence-electron chi connectivity index (χ3n) is 8.49. The Balaban J connectivity index is 1.19. The molecule has 0 bridgehead atoms. The maximum atomic E-state index is 5.59. The number of aromatic nitrogens is 5. The summed E-state index contributed by atoms with van der Waals surface area (Å²) >= 11 is 0. The quantitative estimate of drug-likeness (QED) is 0.674. The van der Waals surface area contributed by atoms with Crippen molar-refractivity contribution in [2.24, 2.45) is 11.0 Å². The summed E-state index contributed by atoms with van der Waals surface area (Å²) in [5.74, 6) is 4.34. The highest BCUT2D eigenvalue weighted by Gasteiger charge is 2.39. The van der Waals surface area contributed by atoms with Gasteiger partial charge in [-0.1, -0.05) is 0 Å². The van der Waals surface area contributed by atoms with Crippen LogP contribution in [0, 0.1) is 5.92 Å². The molecular weight excluding hydrogens is 442 g/mol. The molecule has 0 radical (unpaired) electrons. The molecule has 35 heavy (non-hydrogen) atoms. The van der Waals surface area contributed by atoms with Crippen molar-refractivity contribution in [3.05, 3.63) is 23.9 Å². The summed E-state index contributed by atoms with van der Waals surface area (Å²) in [6.07, 6.45) is 9.47. The molecule has 188 valence electrons. The molecule has 4 heterocycles. The molecule has 2 aliphatic heterocycles. The van der Waals surface area contributed by atoms with E-state index in [1.807, 2.05) is 0 Å². The lowest BCUT2D eigenvalue weighted by Crippen LogP contribution is -2.38. The van der Waals surface area contributed by atoms with Gasteiger partial charge in [-0.15, -0.1) is 0 Å². The minimum Gasteiger partial charge on any atom is -0.378 e. The Morgan fingerprint density at radius 3 is 2.60 bits per heavy atom. The monoisotopic (exact) mass is 479 g/mol. The molecule has 10 nitrogen and oxygen atoms in total. The van der Waals surface area contributed by atoms with Gasteiger partial charge in [0.15, 0.2) is 0 Å². The van der Waals surface area contributed by atoms with Crippen LogP contribution < -0.4 is 10.2 Å². The van der Waals surface area contributed by atoms with Crippen molar-refractivity contribution in [2.75, 3.05) is 43.6 Å². The Labute approximate surface area is 207 Å². The molecule has 10 heteroatoms. The second-order valence-electron chi connectivity index (χ2n) is 10.6. The topological polar surface area (TPSA) is 107 Å². The normalized spacial score (nSPS) is 31.3. The first-order valence-electron chi connectivity index (χ1n) is 13.3. The molecule has 3 fully saturated rings. The van der Waals surface area contributed by atoms with Gasteiger partial charge in [-0.25, -0.2) is 9.97 Å². The van der Waals surface area contributed by atoms with Gasteiger partial charge in [0.25, 0.3) is 0 Å². The van der Waals surface area contributed by atoms with Gasteiger partial charge in [-0.05, 0) is 51.9 Å². The minimum absolute atomic E-state index is 0.419. The zero-order valence-corrected chi connectivity index (χ0v) is 20.9. The molecule has 0 amide bonds. The van der Waals surface area contributed by atoms with Crippen LogP contribution in [0.15, 0.2) is 17.5 Å². The molecule has 2 N–H and O–H groups in total. The lowest BCUT2D eigenvalue weighted by atomic mass is 9.76. The number of anilines is 2. The van der Waals surface area contributed by atoms with Crippen molar-refractivity contribution in [3.63, 3.8) is 0 Å². The van der Waals surface area contributed by atoms with Gasteiger partial charge in [-0.2, -0.15) is 15.2 Å². The summed E-state index contributed by atoms with van der Waals surface area (Å²) in [6.45, 7) is 5.34. The molecule has 3 atom stereocenters. The van der Waals surface area contributed by atoms with Crippen molar-refractivity contribution in [3.8, 4) is 0 Å². The molecule has 6 rings (SSSR count). The number of hydrazone groups is 1. The van der Waals surface area contributed by atoms with E-state index in [4.69, 9.17) is 19.8 Å². The van der Waals surface area contributed by atoms with Crippen LogP contribution in [0.3, 0.4) is 0 Å². The largest absolute Gasteiger partial charge is 0.378 e. The number of rotatable bonds is 5. The van der Waals surface area contributed by atoms with Crippen LogP contribution in [0.25, 0.3) is 0 Å². The van der Waals surface area contributed by atoms with Crippen LogP contribution >= 0.6 is 0 Å². The summed E-state index contributed by atoms with van der Waals surface area (Å²) in [7, 11) is 2.12. The number of hydrogen-bond acceptors (Lipinski definition) is 9. The first kappa shape index (κ1) is 22.7. The van der Waals surface area contributed by atoms with Crippen molar-refractivity contribution in [1.29, 1.82) is 0 Å². The van der Waals surface area contributed by atoms with Crippen LogP contribution in [-0.2, 0) is 4.74 Å². The first-order chi connectivity index (χ1) is 17.1. The lowest BCUT2D eigenvalue weighted by Gasteiger charge is -2.35. The molecule has 2 aliphatic carbocycles. The Bertz CT molecular complexity index is 1030. The Hall–Kier alpha value is -2.75. The van der Waals surface area contributed by atoms with Crippen molar-refractivity contribution < 1.29 is 4.74 Å². The summed E-state index contributed by atoms with van der Waals surface area (Å²) < 4.78 is 5.59. The van der Waals surface area contributed by atoms with Crippen LogP contribution in [0.1, 0.15) is 75.2 Å². The fourth-order valence-corrected chi connectivity index (χ4v) is 6.49. The highest BCUT2D eigenvalue weighted by Crippen LogP contribution is 2.41. The average molecular weight is 480 g/mol. The van der Waals surface area contributed by atoms with Crippen LogP contribution in [0.4, 0.5) is 11.8 Å². The fraction of sp³-hybridized carbons (Fsp3) is 0.720. The first-order valence-corrected chi connectivity index (χ1v) is 13.3. The molecule has 2 aromatic rings. The number of nitrogens with one attached hydrogen (secondary N) is 2. The van der Waals surface area contributed by atoms with E-state index >= 15 is 0 Å². The lowest BCUT2D eigenvalue weighted by molar-refractivity contribution is 0.122. The summed E-state index contributed by atoms with van der Waals surface area (Å²) in [5.41, 5.74) is 2.46. The third-order valence-corrected chi connectivity index (χ3v) is 8.49. The number of fused-ring (bicyclic) bond motifs is 1. The highest BCUT2D eigenvalue weighted by atomic mass is 16.5. The van der Waals surface area contributed by atoms with E-state index in [2.05, 4.69) is 50.4 Å². The number of aromatic amines is 1. The molecule has 0 spiro atoms. The number of nitrogens with zero attached hydrogens (tertiary/aromatic N) is 7. The Morgan fingerprint density at radius 2 is 1.83 bits per heavy atom. The molecule has 2 aromatic heterocycles. The zero-order valence-electron chi connectivity index (χ0n) is 20.9. The van der Waals surface area contributed by atoms with Crippen LogP contribution in [0.2, 0.25) is 0 Å². The maximum absolute atomic E-state index is 5.59. The number of ether oxygens (including phenoxy) is 1. The van der Waals surface area contributed by atoms with E-state index in [1.54, 1.807) is 6.33 Å². The third kappa shape index (κ3) is 4.72. The molecule has 2 saturated carbocycles. The van der Waals surface area contributed by atoms with Crippen molar-refractivity contribution >= 4 is 17.5 Å². The second-order valence-corrected chi connectivity index (χ2v) is 10.6. The van der Waals surface area contributed by atoms with Gasteiger partial charge in [0, 0.05) is 55.7 Å². The van der Waals surface area contributed by atoms with Gasteiger partial charge in [0.1, 0.15) is 18.0 Å². The van der Waals surface area contributed by atoms with Gasteiger partial charge < -0.3 is 15.0 Å². The number of H-pyrrole nitrogens is 1. The van der Waals surface area contributed by atoms with E-state index < -0.39 is 0 Å². The average Bonchev–Trinajstić information content (AvgIpc) is 3.53. The van der Waals surface area contributed by atoms with E-state index in [0.717, 1.165) is 82.4 Å². The standard InChI is InChI=1S/C25H37N9O/c1-16-20-8-5-18(13-22(20)33(2)32-16)21-14-23(30-25(29-21)34-9-11-35-12-10-34)28-19-6-3-17(4-7-19)24-26-15-27-31-24/h14-15,17-20,22H,3-13H2,1-2H3,(H,26,27,31)(H,28,29,30). The van der Waals surface area contributed by atoms with Crippen LogP contribution in [-0.4, -0.2) is 81.3 Å². The van der Waals surface area contributed by atoms with Crippen LogP contribution in [0.5, 0.6) is 0 Å². The zero-order chi connectivity index (χ0) is 23.8. The van der Waals surface area contributed by atoms with Gasteiger partial charge in [-0.3, -0.25) is 10.1 Å². The SMILES string of the molecule is CC1=NN(C)C2CC(c3cc(NC4CCC(c5ncn[nH]5)CC4)nc(N4CCOCC4)n3)CCC12. The van der Waals surface area contributed by atoms with Crippen molar-refractivity contribution in [1.82, 2.24) is 30.2 Å². The predicted molar refractivity (Wildman–Crippen MR) is 135 cm³/mol. The van der Waals surface area contributed by atoms with E-state index in [1.165, 1.54) is 17.8 Å². The van der Waals surface area contributed by atoms with Gasteiger partial charge >= 0.3 is 0 Å². The van der Waals surface area contributed by atoms with E-state index in [9.17, 15) is 0 Å². The second kappa shape index (κ2) is 9.72. The molecule has 1 saturated heterocycles. The van der Waals surface area contributed by atoms with Gasteiger partial charge in [0.05, 0.1) is 24.9 Å². The molecular formula is C25H37N9O. The fourth-order valence-electron chi connectivity index (χ4n) is 6.49. The van der Waals surface area contributed by atoms with E-state index in [-0.39, 0.29) is 0 Å². The number of hydrogen-bond donors (Lipinski definition) is 2. The van der Waals surface area contributed by atoms with Crippen molar-refractivity contribution in [2.45, 2.75) is 75.8 Å². The summed E-state index contributed by atoms with van der Waals surface area (Å²) in [4.78, 5) is 16.8. The number of morpholine rings is 1. The maximum Gasteiger partial charge on any atom is 0.227 e. The van der Waals surface area contributed by atoms with E-state index in [0.29, 0.717) is 29.8 Å². The molecule has 0 aromatic carbocycles. The summed E-state index contributed by atoms with van der Waals surface area (Å²) in [5, 5.41) is 17.8. The minimum atomic E-state index is 0.419. The highest BCUT2D eigenvalue weighted by molar-refractivity contribution is 5.86. The smallest absolute Gasteiger partial charge is 0.227 e. The molecule has 3 unspecified atom stereocenters. The Morgan fingerprint density at radius 1 is 1.03 bits per heavy atom. The summed E-state index contributed by atoms with van der Waals surface area (Å²) in [6, 6.07) is 3.13. The molecule has 4 aliphatic rings. The predicted octanol–water partition coefficient (Wildman–Crippen LogP) is 3.14. The Kier molecular flexibility index (Phi) is 6.30. The van der Waals surface area contributed by atoms with Gasteiger partial charge in [0.2, 0.25) is 5.95 Å².